The molecule has 3 heteroatoms. The maximum atomic E-state index is 11.5. The number of nitriles is 1. The molecule has 0 rings (SSSR count). The topological polar surface area (TPSA) is 33.0 Å². The number of rotatable bonds is 10. The van der Waals surface area contributed by atoms with Gasteiger partial charge in [0.15, 0.2) is 0 Å². The molecule has 86 valence electrons. The Kier molecular flexibility index (Phi) is 12.4. The van der Waals surface area contributed by atoms with Crippen molar-refractivity contribution in [1.82, 2.24) is 0 Å². The quantitative estimate of drug-likeness (QED) is 0.518. The third-order valence-electron chi connectivity index (χ3n) is 2.08. The molecule has 0 spiro atoms. The first-order valence-corrected chi connectivity index (χ1v) is 5.61. The molecule has 0 saturated carbocycles. The second-order valence-corrected chi connectivity index (χ2v) is 3.44. The van der Waals surface area contributed by atoms with Crippen LogP contribution in [0.1, 0.15) is 44.9 Å². The zero-order chi connectivity index (χ0) is 11.2. The number of hydrogen-bond acceptors (Lipinski definition) is 2. The molecule has 0 aliphatic carbocycles. The van der Waals surface area contributed by atoms with Crippen molar-refractivity contribution in [1.29, 1.82) is 5.26 Å². The minimum absolute atomic E-state index is 0.603. The lowest BCUT2D eigenvalue weighted by molar-refractivity contribution is 0.126. The van der Waals surface area contributed by atoms with Crippen molar-refractivity contribution in [2.24, 2.45) is 0 Å². The molecule has 0 aliphatic heterocycles. The first kappa shape index (κ1) is 14.1. The Balaban J connectivity index is 2.90. The van der Waals surface area contributed by atoms with Crippen molar-refractivity contribution in [3.05, 3.63) is 12.4 Å². The average molecular weight is 213 g/mol. The Hall–Kier alpha value is -0.880. The monoisotopic (exact) mass is 213 g/mol. The van der Waals surface area contributed by atoms with Crippen LogP contribution in [0, 0.1) is 11.3 Å². The Labute approximate surface area is 91.7 Å². The van der Waals surface area contributed by atoms with E-state index in [0.29, 0.717) is 12.8 Å². The van der Waals surface area contributed by atoms with E-state index < -0.39 is 0 Å². The molecule has 0 aromatic rings. The van der Waals surface area contributed by atoms with Gasteiger partial charge in [0, 0.05) is 19.6 Å². The fourth-order valence-corrected chi connectivity index (χ4v) is 1.22. The minimum atomic E-state index is 0.603. The number of ether oxygens (including phenoxy) is 1. The Morgan fingerprint density at radius 2 is 1.80 bits per heavy atom. The van der Waals surface area contributed by atoms with E-state index >= 15 is 0 Å². The maximum absolute atomic E-state index is 11.5. The molecule has 0 fully saturated rings. The summed E-state index contributed by atoms with van der Waals surface area (Å²) in [7, 11) is 0. The zero-order valence-corrected chi connectivity index (χ0v) is 9.25. The Morgan fingerprint density at radius 1 is 1.07 bits per heavy atom. The minimum Gasteiger partial charge on any atom is -0.381 e. The van der Waals surface area contributed by atoms with Crippen LogP contribution >= 0.6 is 0 Å². The second-order valence-electron chi connectivity index (χ2n) is 3.44. The highest BCUT2D eigenvalue weighted by atomic mass is 19.1. The zero-order valence-electron chi connectivity index (χ0n) is 9.25. The van der Waals surface area contributed by atoms with Gasteiger partial charge in [-0.05, 0) is 32.1 Å². The van der Waals surface area contributed by atoms with Gasteiger partial charge >= 0.3 is 0 Å². The van der Waals surface area contributed by atoms with Gasteiger partial charge in [0.2, 0.25) is 0 Å². The second kappa shape index (κ2) is 13.1. The molecule has 2 nitrogen and oxygen atoms in total. The Morgan fingerprint density at radius 3 is 2.47 bits per heavy atom. The van der Waals surface area contributed by atoms with Gasteiger partial charge in [0.25, 0.3) is 0 Å². The fraction of sp³-hybridized carbons (Fsp3) is 0.750. The third kappa shape index (κ3) is 13.1. The fourth-order valence-electron chi connectivity index (χ4n) is 1.22. The number of unbranched alkanes of at least 4 members (excludes halogenated alkanes) is 5. The van der Waals surface area contributed by atoms with Crippen molar-refractivity contribution in [2.75, 3.05) is 13.2 Å². The molecular weight excluding hydrogens is 193 g/mol. The Bertz CT molecular complexity index is 187. The smallest absolute Gasteiger partial charge is 0.0827 e. The van der Waals surface area contributed by atoms with Gasteiger partial charge in [-0.15, -0.1) is 0 Å². The van der Waals surface area contributed by atoms with Gasteiger partial charge in [0.05, 0.1) is 12.4 Å². The molecule has 0 bridgehead atoms. The number of allylic oxidation sites excluding steroid dienone is 1. The molecular formula is C12H20FNO. The van der Waals surface area contributed by atoms with Gasteiger partial charge in [-0.1, -0.05) is 12.5 Å². The van der Waals surface area contributed by atoms with E-state index in [1.54, 1.807) is 6.08 Å². The summed E-state index contributed by atoms with van der Waals surface area (Å²) < 4.78 is 16.9. The van der Waals surface area contributed by atoms with E-state index in [4.69, 9.17) is 10.00 Å². The van der Waals surface area contributed by atoms with Crippen LogP contribution in [0.3, 0.4) is 0 Å². The SMILES string of the molecule is N#CCCCCOCCCCC/C=C\F. The summed E-state index contributed by atoms with van der Waals surface area (Å²) in [4.78, 5) is 0. The lowest BCUT2D eigenvalue weighted by Crippen LogP contribution is -1.96. The molecule has 0 aromatic heterocycles. The molecule has 0 saturated heterocycles. The van der Waals surface area contributed by atoms with Gasteiger partial charge < -0.3 is 4.74 Å². The van der Waals surface area contributed by atoms with Crippen molar-refractivity contribution in [3.63, 3.8) is 0 Å². The van der Waals surface area contributed by atoms with Gasteiger partial charge in [-0.25, -0.2) is 4.39 Å². The molecule has 0 unspecified atom stereocenters. The number of hydrogen-bond donors (Lipinski definition) is 0. The van der Waals surface area contributed by atoms with Crippen LogP contribution in [-0.4, -0.2) is 13.2 Å². The highest BCUT2D eigenvalue weighted by molar-refractivity contribution is 4.71. The molecule has 0 N–H and O–H groups in total. The largest absolute Gasteiger partial charge is 0.381 e. The van der Waals surface area contributed by atoms with Gasteiger partial charge in [0.1, 0.15) is 0 Å². The summed E-state index contributed by atoms with van der Waals surface area (Å²) in [6.07, 6.45) is 8.64. The first-order valence-electron chi connectivity index (χ1n) is 5.61. The highest BCUT2D eigenvalue weighted by Gasteiger charge is 1.91. The van der Waals surface area contributed by atoms with Crippen LogP contribution in [0.4, 0.5) is 4.39 Å². The van der Waals surface area contributed by atoms with Crippen molar-refractivity contribution >= 4 is 0 Å². The van der Waals surface area contributed by atoms with E-state index in [9.17, 15) is 4.39 Å². The average Bonchev–Trinajstić information content (AvgIpc) is 2.26. The molecule has 15 heavy (non-hydrogen) atoms. The van der Waals surface area contributed by atoms with E-state index in [0.717, 1.165) is 51.7 Å². The van der Waals surface area contributed by atoms with E-state index in [1.807, 2.05) is 0 Å². The van der Waals surface area contributed by atoms with Crippen molar-refractivity contribution in [2.45, 2.75) is 44.9 Å². The normalized spacial score (nSPS) is 10.7. The molecule has 0 radical (unpaired) electrons. The van der Waals surface area contributed by atoms with E-state index in [1.165, 1.54) is 0 Å². The van der Waals surface area contributed by atoms with Gasteiger partial charge in [-0.2, -0.15) is 5.26 Å². The van der Waals surface area contributed by atoms with Crippen LogP contribution in [0.2, 0.25) is 0 Å². The summed E-state index contributed by atoms with van der Waals surface area (Å²) in [6, 6.07) is 2.11. The number of nitrogens with zero attached hydrogens (tertiary/aromatic N) is 1. The van der Waals surface area contributed by atoms with E-state index in [-0.39, 0.29) is 0 Å². The molecule has 0 aliphatic rings. The molecule has 0 atom stereocenters. The summed E-state index contributed by atoms with van der Waals surface area (Å²) in [5.41, 5.74) is 0. The van der Waals surface area contributed by atoms with Gasteiger partial charge in [-0.3, -0.25) is 0 Å². The lowest BCUT2D eigenvalue weighted by Gasteiger charge is -2.02. The van der Waals surface area contributed by atoms with E-state index in [2.05, 4.69) is 6.07 Å². The molecule has 0 amide bonds. The van der Waals surface area contributed by atoms with Crippen LogP contribution < -0.4 is 0 Å². The van der Waals surface area contributed by atoms with Crippen molar-refractivity contribution < 1.29 is 9.13 Å². The predicted octanol–water partition coefficient (Wildman–Crippen LogP) is 3.74. The third-order valence-corrected chi connectivity index (χ3v) is 2.08. The lowest BCUT2D eigenvalue weighted by atomic mass is 10.2. The highest BCUT2D eigenvalue weighted by Crippen LogP contribution is 2.02. The number of halogens is 1. The summed E-state index contributed by atoms with van der Waals surface area (Å²) in [5, 5.41) is 8.29. The maximum Gasteiger partial charge on any atom is 0.0827 e. The molecule has 0 heterocycles. The summed E-state index contributed by atoms with van der Waals surface area (Å²) in [5.74, 6) is 0. The predicted molar refractivity (Wildman–Crippen MR) is 59.0 cm³/mol. The standard InChI is InChI=1S/C12H20FNO/c13-9-5-2-1-3-7-11-15-12-8-4-6-10-14/h5,9H,1-4,6-8,11-12H2/b9-5-. The van der Waals surface area contributed by atoms with Crippen LogP contribution in [0.15, 0.2) is 12.4 Å². The first-order chi connectivity index (χ1) is 7.41. The van der Waals surface area contributed by atoms with Crippen LogP contribution in [0.25, 0.3) is 0 Å². The summed E-state index contributed by atoms with van der Waals surface area (Å²) >= 11 is 0. The summed E-state index contributed by atoms with van der Waals surface area (Å²) in [6.45, 7) is 1.54. The van der Waals surface area contributed by atoms with Crippen LogP contribution in [-0.2, 0) is 4.74 Å². The van der Waals surface area contributed by atoms with Crippen molar-refractivity contribution in [3.8, 4) is 6.07 Å². The molecule has 0 aromatic carbocycles. The van der Waals surface area contributed by atoms with Crippen LogP contribution in [0.5, 0.6) is 0 Å².